The van der Waals surface area contributed by atoms with E-state index in [1.807, 2.05) is 19.1 Å². The van der Waals surface area contributed by atoms with Crippen molar-refractivity contribution in [2.45, 2.75) is 19.8 Å². The molecule has 2 nitrogen and oxygen atoms in total. The van der Waals surface area contributed by atoms with Gasteiger partial charge in [-0.15, -0.1) is 11.3 Å². The van der Waals surface area contributed by atoms with Crippen LogP contribution in [0.1, 0.15) is 15.4 Å². The van der Waals surface area contributed by atoms with E-state index >= 15 is 0 Å². The molecule has 0 unspecified atom stereocenters. The third kappa shape index (κ3) is 1.35. The van der Waals surface area contributed by atoms with Gasteiger partial charge in [0.25, 0.3) is 0 Å². The summed E-state index contributed by atoms with van der Waals surface area (Å²) >= 11 is 1.78. The molecule has 0 radical (unpaired) electrons. The third-order valence-electron chi connectivity index (χ3n) is 2.77. The summed E-state index contributed by atoms with van der Waals surface area (Å²) in [6.45, 7) is 2.04. The summed E-state index contributed by atoms with van der Waals surface area (Å²) in [6.07, 6.45) is 2.07. The van der Waals surface area contributed by atoms with Gasteiger partial charge in [-0.3, -0.25) is 0 Å². The van der Waals surface area contributed by atoms with Crippen LogP contribution in [-0.2, 0) is 12.8 Å². The van der Waals surface area contributed by atoms with Gasteiger partial charge < -0.3 is 5.11 Å². The van der Waals surface area contributed by atoms with Crippen LogP contribution in [0.3, 0.4) is 0 Å². The minimum atomic E-state index is 0.351. The Kier molecular flexibility index (Phi) is 1.83. The van der Waals surface area contributed by atoms with E-state index in [0.717, 1.165) is 23.5 Å². The van der Waals surface area contributed by atoms with Crippen molar-refractivity contribution >= 4 is 11.3 Å². The molecule has 3 rings (SSSR count). The SMILES string of the molecule is Cc1nc2c(s1)CCc1cc(O)ccc1-2. The van der Waals surface area contributed by atoms with E-state index in [2.05, 4.69) is 4.98 Å². The molecular formula is C12H11NOS. The fraction of sp³-hybridized carbons (Fsp3) is 0.250. The van der Waals surface area contributed by atoms with Gasteiger partial charge in [-0.2, -0.15) is 0 Å². The number of thiazole rings is 1. The van der Waals surface area contributed by atoms with Crippen molar-refractivity contribution in [1.29, 1.82) is 0 Å². The van der Waals surface area contributed by atoms with Crippen molar-refractivity contribution < 1.29 is 5.11 Å². The van der Waals surface area contributed by atoms with Crippen molar-refractivity contribution in [3.8, 4) is 17.0 Å². The molecule has 1 aliphatic rings. The number of hydrogen-bond donors (Lipinski definition) is 1. The minimum Gasteiger partial charge on any atom is -0.508 e. The number of aromatic nitrogens is 1. The highest BCUT2D eigenvalue weighted by atomic mass is 32.1. The molecule has 0 fully saturated rings. The fourth-order valence-corrected chi connectivity index (χ4v) is 3.07. The molecular weight excluding hydrogens is 206 g/mol. The summed E-state index contributed by atoms with van der Waals surface area (Å²) in [4.78, 5) is 5.94. The van der Waals surface area contributed by atoms with Crippen molar-refractivity contribution in [1.82, 2.24) is 4.98 Å². The van der Waals surface area contributed by atoms with Gasteiger partial charge in [0.2, 0.25) is 0 Å². The highest BCUT2D eigenvalue weighted by molar-refractivity contribution is 7.12. The van der Waals surface area contributed by atoms with E-state index in [1.54, 1.807) is 17.4 Å². The van der Waals surface area contributed by atoms with Crippen LogP contribution in [0.5, 0.6) is 5.75 Å². The Morgan fingerprint density at radius 2 is 2.20 bits per heavy atom. The molecule has 0 bridgehead atoms. The van der Waals surface area contributed by atoms with E-state index in [0.29, 0.717) is 5.75 Å². The van der Waals surface area contributed by atoms with Crippen LogP contribution < -0.4 is 0 Å². The molecule has 1 aliphatic carbocycles. The molecule has 0 atom stereocenters. The third-order valence-corrected chi connectivity index (χ3v) is 3.80. The number of rotatable bonds is 0. The van der Waals surface area contributed by atoms with E-state index < -0.39 is 0 Å². The quantitative estimate of drug-likeness (QED) is 0.736. The maximum Gasteiger partial charge on any atom is 0.115 e. The van der Waals surface area contributed by atoms with Gasteiger partial charge in [-0.1, -0.05) is 0 Å². The van der Waals surface area contributed by atoms with E-state index in [1.165, 1.54) is 16.0 Å². The normalized spacial score (nSPS) is 13.4. The number of fused-ring (bicyclic) bond motifs is 3. The van der Waals surface area contributed by atoms with Crippen LogP contribution in [-0.4, -0.2) is 10.1 Å². The van der Waals surface area contributed by atoms with Gasteiger partial charge in [-0.05, 0) is 43.5 Å². The molecule has 1 aromatic heterocycles. The Balaban J connectivity index is 2.25. The first-order chi connectivity index (χ1) is 7.24. The fourth-order valence-electron chi connectivity index (χ4n) is 2.12. The van der Waals surface area contributed by atoms with Crippen molar-refractivity contribution in [3.05, 3.63) is 33.6 Å². The lowest BCUT2D eigenvalue weighted by molar-refractivity contribution is 0.474. The van der Waals surface area contributed by atoms with Gasteiger partial charge >= 0.3 is 0 Å². The second-order valence-electron chi connectivity index (χ2n) is 3.85. The molecule has 0 saturated heterocycles. The Morgan fingerprint density at radius 1 is 1.33 bits per heavy atom. The Bertz CT molecular complexity index is 530. The summed E-state index contributed by atoms with van der Waals surface area (Å²) in [5.74, 6) is 0.351. The number of phenols is 1. The summed E-state index contributed by atoms with van der Waals surface area (Å²) in [7, 11) is 0. The molecule has 1 heterocycles. The predicted molar refractivity (Wildman–Crippen MR) is 61.4 cm³/mol. The zero-order valence-electron chi connectivity index (χ0n) is 8.45. The van der Waals surface area contributed by atoms with Crippen molar-refractivity contribution in [3.63, 3.8) is 0 Å². The van der Waals surface area contributed by atoms with Crippen LogP contribution >= 0.6 is 11.3 Å². The smallest absolute Gasteiger partial charge is 0.115 e. The predicted octanol–water partition coefficient (Wildman–Crippen LogP) is 2.92. The van der Waals surface area contributed by atoms with E-state index in [4.69, 9.17) is 0 Å². The molecule has 0 saturated carbocycles. The summed E-state index contributed by atoms with van der Waals surface area (Å²) in [5.41, 5.74) is 3.53. The van der Waals surface area contributed by atoms with Crippen LogP contribution in [0, 0.1) is 6.92 Å². The largest absolute Gasteiger partial charge is 0.508 e. The molecule has 2 aromatic rings. The number of phenolic OH excluding ortho intramolecular Hbond substituents is 1. The maximum atomic E-state index is 9.42. The van der Waals surface area contributed by atoms with Crippen LogP contribution in [0.2, 0.25) is 0 Å². The van der Waals surface area contributed by atoms with Crippen LogP contribution in [0.25, 0.3) is 11.3 Å². The lowest BCUT2D eigenvalue weighted by atomic mass is 9.93. The maximum absolute atomic E-state index is 9.42. The molecule has 3 heteroatoms. The summed E-state index contributed by atoms with van der Waals surface area (Å²) in [6, 6.07) is 5.57. The average molecular weight is 217 g/mol. The van der Waals surface area contributed by atoms with E-state index in [-0.39, 0.29) is 0 Å². The molecule has 0 aliphatic heterocycles. The molecule has 76 valence electrons. The number of aryl methyl sites for hydroxylation is 3. The zero-order valence-corrected chi connectivity index (χ0v) is 9.27. The number of nitrogens with zero attached hydrogens (tertiary/aromatic N) is 1. The minimum absolute atomic E-state index is 0.351. The van der Waals surface area contributed by atoms with Crippen LogP contribution in [0.15, 0.2) is 18.2 Å². The summed E-state index contributed by atoms with van der Waals surface area (Å²) < 4.78 is 0. The molecule has 0 spiro atoms. The molecule has 1 aromatic carbocycles. The van der Waals surface area contributed by atoms with Gasteiger partial charge in [0.05, 0.1) is 10.7 Å². The standard InChI is InChI=1S/C12H11NOS/c1-7-13-12-10-4-3-9(14)6-8(10)2-5-11(12)15-7/h3-4,6,14H,2,5H2,1H3. The van der Waals surface area contributed by atoms with Gasteiger partial charge in [0, 0.05) is 10.4 Å². The molecule has 1 N–H and O–H groups in total. The Labute approximate surface area is 92.2 Å². The van der Waals surface area contributed by atoms with E-state index in [9.17, 15) is 5.11 Å². The highest BCUT2D eigenvalue weighted by Crippen LogP contribution is 2.37. The second-order valence-corrected chi connectivity index (χ2v) is 5.13. The number of benzene rings is 1. The molecule has 0 amide bonds. The average Bonchev–Trinajstić information content (AvgIpc) is 2.58. The molecule has 15 heavy (non-hydrogen) atoms. The lowest BCUT2D eigenvalue weighted by Crippen LogP contribution is -2.01. The highest BCUT2D eigenvalue weighted by Gasteiger charge is 2.19. The van der Waals surface area contributed by atoms with Gasteiger partial charge in [0.1, 0.15) is 5.75 Å². The first-order valence-electron chi connectivity index (χ1n) is 5.02. The van der Waals surface area contributed by atoms with Crippen LogP contribution in [0.4, 0.5) is 0 Å². The second kappa shape index (κ2) is 3.07. The Hall–Kier alpha value is -1.35. The lowest BCUT2D eigenvalue weighted by Gasteiger charge is -2.14. The van der Waals surface area contributed by atoms with Crippen molar-refractivity contribution in [2.24, 2.45) is 0 Å². The first kappa shape index (κ1) is 8.92. The zero-order chi connectivity index (χ0) is 10.4. The first-order valence-corrected chi connectivity index (χ1v) is 5.84. The van der Waals surface area contributed by atoms with Gasteiger partial charge in [-0.25, -0.2) is 4.98 Å². The Morgan fingerprint density at radius 3 is 3.07 bits per heavy atom. The monoisotopic (exact) mass is 217 g/mol. The van der Waals surface area contributed by atoms with Gasteiger partial charge in [0.15, 0.2) is 0 Å². The van der Waals surface area contributed by atoms with Crippen molar-refractivity contribution in [2.75, 3.05) is 0 Å². The summed E-state index contributed by atoms with van der Waals surface area (Å²) in [5, 5.41) is 10.5. The topological polar surface area (TPSA) is 33.1 Å². The number of aromatic hydroxyl groups is 1. The number of hydrogen-bond acceptors (Lipinski definition) is 3.